The maximum Gasteiger partial charge on any atom is 0.244 e. The molecule has 1 aliphatic rings. The quantitative estimate of drug-likeness (QED) is 0.143. The number of carbonyl (C=O) groups is 4. The normalized spacial score (nSPS) is 24.0. The molecular formula is C28H45N3O6. The summed E-state index contributed by atoms with van der Waals surface area (Å²) in [6.45, 7) is 5.49. The van der Waals surface area contributed by atoms with Crippen molar-refractivity contribution < 1.29 is 29.4 Å². The lowest BCUT2D eigenvalue weighted by molar-refractivity contribution is -0.133. The van der Waals surface area contributed by atoms with Gasteiger partial charge < -0.3 is 26.2 Å². The summed E-state index contributed by atoms with van der Waals surface area (Å²) in [5.74, 6) is -2.65. The minimum Gasteiger partial charge on any atom is -0.393 e. The Balaban J connectivity index is 2.73. The number of nitrogens with one attached hydrogen (secondary N) is 3. The van der Waals surface area contributed by atoms with Crippen LogP contribution in [0.5, 0.6) is 0 Å². The Hall–Kier alpha value is -2.78. The smallest absolute Gasteiger partial charge is 0.244 e. The molecule has 1 rings (SSSR count). The number of aliphatic hydroxyl groups excluding tert-OH is 2. The molecule has 9 heteroatoms. The lowest BCUT2D eigenvalue weighted by atomic mass is 9.90. The van der Waals surface area contributed by atoms with Gasteiger partial charge in [0.05, 0.1) is 12.2 Å². The summed E-state index contributed by atoms with van der Waals surface area (Å²) in [6, 6.07) is -1.66. The average Bonchev–Trinajstić information content (AvgIpc) is 2.83. The zero-order valence-corrected chi connectivity index (χ0v) is 22.4. The molecule has 0 aromatic rings. The number of carbonyl (C=O) groups excluding carboxylic acids is 4. The molecule has 0 fully saturated rings. The molecule has 0 aliphatic carbocycles. The van der Waals surface area contributed by atoms with Crippen molar-refractivity contribution in [1.29, 1.82) is 0 Å². The number of hydrogen-bond donors (Lipinski definition) is 5. The van der Waals surface area contributed by atoms with Crippen LogP contribution in [0.15, 0.2) is 36.5 Å². The molecule has 0 aromatic carbocycles. The summed E-state index contributed by atoms with van der Waals surface area (Å²) >= 11 is 0. The molecule has 0 bridgehead atoms. The van der Waals surface area contributed by atoms with Gasteiger partial charge in [-0.05, 0) is 39.5 Å². The van der Waals surface area contributed by atoms with E-state index in [1.54, 1.807) is 19.1 Å². The number of unbranched alkanes of at least 4 members (excludes halogenated alkanes) is 5. The molecule has 0 spiro atoms. The molecule has 0 saturated heterocycles. The van der Waals surface area contributed by atoms with Gasteiger partial charge in [-0.3, -0.25) is 19.2 Å². The Kier molecular flexibility index (Phi) is 16.1. The molecule has 208 valence electrons. The highest BCUT2D eigenvalue weighted by atomic mass is 16.3. The summed E-state index contributed by atoms with van der Waals surface area (Å²) in [7, 11) is 0. The fourth-order valence-electron chi connectivity index (χ4n) is 4.00. The van der Waals surface area contributed by atoms with E-state index in [2.05, 4.69) is 22.9 Å². The third-order valence-corrected chi connectivity index (χ3v) is 6.15. The van der Waals surface area contributed by atoms with Crippen molar-refractivity contribution in [2.75, 3.05) is 6.54 Å². The van der Waals surface area contributed by atoms with E-state index >= 15 is 0 Å². The molecule has 9 nitrogen and oxygen atoms in total. The van der Waals surface area contributed by atoms with Crippen molar-refractivity contribution in [1.82, 2.24) is 16.0 Å². The van der Waals surface area contributed by atoms with Crippen LogP contribution in [-0.2, 0) is 19.2 Å². The molecule has 1 aliphatic heterocycles. The zero-order valence-electron chi connectivity index (χ0n) is 22.4. The van der Waals surface area contributed by atoms with E-state index in [0.717, 1.165) is 12.8 Å². The number of amides is 3. The fraction of sp³-hybridized carbons (Fsp3) is 0.643. The van der Waals surface area contributed by atoms with Gasteiger partial charge in [0.25, 0.3) is 0 Å². The number of aliphatic hydroxyl groups is 2. The molecule has 37 heavy (non-hydrogen) atoms. The first-order chi connectivity index (χ1) is 17.6. The van der Waals surface area contributed by atoms with Gasteiger partial charge in [0.1, 0.15) is 6.04 Å². The van der Waals surface area contributed by atoms with E-state index in [-0.39, 0.29) is 31.7 Å². The maximum atomic E-state index is 13.0. The van der Waals surface area contributed by atoms with Gasteiger partial charge in [-0.25, -0.2) is 0 Å². The lowest BCUT2D eigenvalue weighted by Crippen LogP contribution is -2.49. The van der Waals surface area contributed by atoms with E-state index in [4.69, 9.17) is 0 Å². The second-order valence-electron chi connectivity index (χ2n) is 9.71. The Morgan fingerprint density at radius 1 is 1.19 bits per heavy atom. The second kappa shape index (κ2) is 18.5. The van der Waals surface area contributed by atoms with Crippen LogP contribution in [0.25, 0.3) is 0 Å². The van der Waals surface area contributed by atoms with Crippen LogP contribution in [0.2, 0.25) is 0 Å². The summed E-state index contributed by atoms with van der Waals surface area (Å²) in [5.41, 5.74) is 0. The number of rotatable bonds is 13. The highest BCUT2D eigenvalue weighted by Crippen LogP contribution is 2.17. The van der Waals surface area contributed by atoms with E-state index in [9.17, 15) is 29.4 Å². The van der Waals surface area contributed by atoms with Crippen molar-refractivity contribution in [3.63, 3.8) is 0 Å². The summed E-state index contributed by atoms with van der Waals surface area (Å²) in [6.07, 6.45) is 14.3. The van der Waals surface area contributed by atoms with Crippen LogP contribution in [0.3, 0.4) is 0 Å². The van der Waals surface area contributed by atoms with Crippen LogP contribution in [0, 0.1) is 5.92 Å². The Bertz CT molecular complexity index is 821. The van der Waals surface area contributed by atoms with Gasteiger partial charge in [0.2, 0.25) is 17.7 Å². The standard InChI is InChI=1S/C28H45N3O6/c1-4-5-6-7-8-9-10-11-12-13-26(36)31-27(21(3)32)24(34)19-22-18-23(33)16-17-29-25(35)15-14-20(2)30-28(22)37/h10-15,20-23,27,32-33H,4-9,16-19H2,1-3H3,(H,29,35)(H,30,37)(H,31,36)/b11-10+,13-12+,15-14+/t20-,21+,22+,23-,27-/m0/s1. The first-order valence-corrected chi connectivity index (χ1v) is 13.4. The van der Waals surface area contributed by atoms with Gasteiger partial charge in [-0.15, -0.1) is 0 Å². The van der Waals surface area contributed by atoms with Crippen molar-refractivity contribution in [3.8, 4) is 0 Å². The molecular weight excluding hydrogens is 474 g/mol. The van der Waals surface area contributed by atoms with Gasteiger partial charge in [-0.2, -0.15) is 0 Å². The second-order valence-corrected chi connectivity index (χ2v) is 9.71. The third-order valence-electron chi connectivity index (χ3n) is 6.15. The fourth-order valence-corrected chi connectivity index (χ4v) is 4.00. The van der Waals surface area contributed by atoms with Gasteiger partial charge in [0.15, 0.2) is 5.78 Å². The largest absolute Gasteiger partial charge is 0.393 e. The minimum absolute atomic E-state index is 0.00744. The SMILES string of the molecule is CCCCCCC/C=C/C=C/C(=O)N[C@H](C(=O)C[C@H]1C[C@@H](O)CCNC(=O)/C=C/[C@H](C)NC1=O)[C@@H](C)O. The summed E-state index contributed by atoms with van der Waals surface area (Å²) < 4.78 is 0. The predicted octanol–water partition coefficient (Wildman–Crippen LogP) is 2.23. The van der Waals surface area contributed by atoms with Gasteiger partial charge >= 0.3 is 0 Å². The maximum absolute atomic E-state index is 13.0. The first-order valence-electron chi connectivity index (χ1n) is 13.4. The van der Waals surface area contributed by atoms with Gasteiger partial charge in [-0.1, -0.05) is 56.9 Å². The highest BCUT2D eigenvalue weighted by molar-refractivity contribution is 5.95. The van der Waals surface area contributed by atoms with Crippen LogP contribution in [0.1, 0.15) is 78.6 Å². The first kappa shape index (κ1) is 32.2. The molecule has 1 heterocycles. The number of ketones is 1. The number of hydrogen-bond acceptors (Lipinski definition) is 6. The third kappa shape index (κ3) is 14.5. The van der Waals surface area contributed by atoms with Crippen LogP contribution >= 0.6 is 0 Å². The van der Waals surface area contributed by atoms with E-state index in [0.29, 0.717) is 0 Å². The summed E-state index contributed by atoms with van der Waals surface area (Å²) in [5, 5.41) is 28.4. The number of Topliss-reactive ketones (excluding diaryl/α,β-unsaturated/α-hetero) is 1. The van der Waals surface area contributed by atoms with Crippen LogP contribution in [-0.4, -0.2) is 64.6 Å². The highest BCUT2D eigenvalue weighted by Gasteiger charge is 2.31. The van der Waals surface area contributed by atoms with Crippen molar-refractivity contribution >= 4 is 23.5 Å². The van der Waals surface area contributed by atoms with E-state index in [1.807, 2.05) is 6.08 Å². The molecule has 0 unspecified atom stereocenters. The monoisotopic (exact) mass is 519 g/mol. The summed E-state index contributed by atoms with van der Waals surface area (Å²) in [4.78, 5) is 49.9. The average molecular weight is 520 g/mol. The molecule has 3 amide bonds. The lowest BCUT2D eigenvalue weighted by Gasteiger charge is -2.25. The zero-order chi connectivity index (χ0) is 27.6. The Morgan fingerprint density at radius 3 is 2.62 bits per heavy atom. The van der Waals surface area contributed by atoms with Crippen molar-refractivity contribution in [2.45, 2.75) is 103 Å². The number of allylic oxidation sites excluding steroid dienone is 3. The van der Waals surface area contributed by atoms with E-state index in [1.165, 1.54) is 50.8 Å². The molecule has 5 N–H and O–H groups in total. The van der Waals surface area contributed by atoms with E-state index < -0.39 is 47.8 Å². The van der Waals surface area contributed by atoms with Crippen molar-refractivity contribution in [3.05, 3.63) is 36.5 Å². The molecule has 5 atom stereocenters. The molecule has 0 aromatic heterocycles. The Morgan fingerprint density at radius 2 is 1.92 bits per heavy atom. The topological polar surface area (TPSA) is 145 Å². The van der Waals surface area contributed by atoms with Crippen LogP contribution in [0.4, 0.5) is 0 Å². The van der Waals surface area contributed by atoms with Crippen molar-refractivity contribution in [2.24, 2.45) is 5.92 Å². The Labute approximate surface area is 220 Å². The van der Waals surface area contributed by atoms with Crippen LogP contribution < -0.4 is 16.0 Å². The predicted molar refractivity (Wildman–Crippen MR) is 143 cm³/mol. The van der Waals surface area contributed by atoms with Gasteiger partial charge in [0, 0.05) is 37.1 Å². The minimum atomic E-state index is -1.19. The molecule has 0 saturated carbocycles. The molecule has 0 radical (unpaired) electrons.